The van der Waals surface area contributed by atoms with Crippen LogP contribution < -0.4 is 31.2 Å². The van der Waals surface area contributed by atoms with Crippen molar-refractivity contribution in [2.24, 2.45) is 0 Å². The summed E-state index contributed by atoms with van der Waals surface area (Å²) in [4.78, 5) is 15.7. The van der Waals surface area contributed by atoms with Gasteiger partial charge in [-0.2, -0.15) is 4.57 Å². The SMILES string of the molecule is CCCCCCCCCCCCCCOc1ccc(CN(C(C)=O)c2cccc(C[n+]3csc(C)c3)c2)cc1Cl.[Br-]. The standard InChI is InChI=1S/C34H48ClN2O2S.BrH/c1-4-5-6-7-8-9-10-11-12-13-14-15-21-39-34-20-19-31(23-33(34)35)26-37(29(3)38)32-18-16-17-30(22-32)25-36-24-28(2)40-27-36;/h16-20,22-24,27H,4-15,21,25-26H2,1-3H3;1H/q+1;/p-1. The highest BCUT2D eigenvalue weighted by atomic mass is 79.9. The molecule has 3 aromatic rings. The van der Waals surface area contributed by atoms with Crippen molar-refractivity contribution in [2.45, 2.75) is 111 Å². The molecule has 3 rings (SSSR count). The molecule has 0 aliphatic carbocycles. The Balaban J connectivity index is 0.00000588. The number of aryl methyl sites for hydroxylation is 1. The van der Waals surface area contributed by atoms with Crippen molar-refractivity contribution < 1.29 is 31.1 Å². The molecule has 0 saturated carbocycles. The van der Waals surface area contributed by atoms with E-state index in [0.29, 0.717) is 23.9 Å². The lowest BCUT2D eigenvalue weighted by atomic mass is 10.1. The fraction of sp³-hybridized carbons (Fsp3) is 0.529. The van der Waals surface area contributed by atoms with E-state index in [-0.39, 0.29) is 22.9 Å². The van der Waals surface area contributed by atoms with Crippen molar-refractivity contribution in [1.29, 1.82) is 0 Å². The van der Waals surface area contributed by atoms with Gasteiger partial charge in [-0.3, -0.25) is 4.79 Å². The van der Waals surface area contributed by atoms with Crippen LogP contribution in [0.15, 0.2) is 54.2 Å². The van der Waals surface area contributed by atoms with E-state index in [1.165, 1.54) is 75.5 Å². The number of hydrogen-bond acceptors (Lipinski definition) is 3. The second-order valence-electron chi connectivity index (χ2n) is 10.9. The summed E-state index contributed by atoms with van der Waals surface area (Å²) < 4.78 is 8.15. The zero-order chi connectivity index (χ0) is 28.6. The second-order valence-corrected chi connectivity index (χ2v) is 12.4. The van der Waals surface area contributed by atoms with E-state index < -0.39 is 0 Å². The van der Waals surface area contributed by atoms with Gasteiger partial charge in [-0.05, 0) is 43.2 Å². The number of nitrogens with zero attached hydrogens (tertiary/aromatic N) is 2. The third kappa shape index (κ3) is 13.3. The van der Waals surface area contributed by atoms with Crippen molar-refractivity contribution in [3.05, 3.63) is 75.2 Å². The van der Waals surface area contributed by atoms with Crippen LogP contribution in [0, 0.1) is 6.92 Å². The first-order valence-corrected chi connectivity index (χ1v) is 16.4. The average molecular weight is 664 g/mol. The number of unbranched alkanes of at least 4 members (excludes halogenated alkanes) is 11. The topological polar surface area (TPSA) is 33.4 Å². The summed E-state index contributed by atoms with van der Waals surface area (Å²) in [5.41, 5.74) is 5.15. The van der Waals surface area contributed by atoms with Crippen LogP contribution in [0.2, 0.25) is 5.02 Å². The first-order chi connectivity index (χ1) is 19.5. The van der Waals surface area contributed by atoms with Crippen LogP contribution in [0.3, 0.4) is 0 Å². The number of thiazole rings is 1. The fourth-order valence-corrected chi connectivity index (χ4v) is 5.90. The molecule has 0 radical (unpaired) electrons. The molecule has 0 aliphatic heterocycles. The van der Waals surface area contributed by atoms with Gasteiger partial charge in [0, 0.05) is 18.2 Å². The Morgan fingerprint density at radius 1 is 0.902 bits per heavy atom. The molecule has 1 amide bonds. The van der Waals surface area contributed by atoms with E-state index in [1.54, 1.807) is 23.2 Å². The van der Waals surface area contributed by atoms with Crippen molar-refractivity contribution >= 4 is 34.5 Å². The highest BCUT2D eigenvalue weighted by molar-refractivity contribution is 7.09. The molecule has 41 heavy (non-hydrogen) atoms. The van der Waals surface area contributed by atoms with Gasteiger partial charge >= 0.3 is 0 Å². The number of ether oxygens (including phenoxy) is 1. The third-order valence-electron chi connectivity index (χ3n) is 7.28. The predicted molar refractivity (Wildman–Crippen MR) is 170 cm³/mol. The summed E-state index contributed by atoms with van der Waals surface area (Å²) in [5, 5.41) is 0.595. The van der Waals surface area contributed by atoms with Crippen molar-refractivity contribution in [2.75, 3.05) is 11.5 Å². The summed E-state index contributed by atoms with van der Waals surface area (Å²) in [5.74, 6) is 0.715. The normalized spacial score (nSPS) is 10.8. The molecule has 226 valence electrons. The van der Waals surface area contributed by atoms with Crippen LogP contribution in [0.25, 0.3) is 0 Å². The maximum Gasteiger partial charge on any atom is 0.225 e. The number of aromatic nitrogens is 1. The van der Waals surface area contributed by atoms with E-state index >= 15 is 0 Å². The van der Waals surface area contributed by atoms with E-state index in [2.05, 4.69) is 42.3 Å². The lowest BCUT2D eigenvalue weighted by Gasteiger charge is -2.22. The number of benzene rings is 2. The molecule has 2 aromatic carbocycles. The van der Waals surface area contributed by atoms with Gasteiger partial charge in [0.2, 0.25) is 11.4 Å². The van der Waals surface area contributed by atoms with E-state index in [1.807, 2.05) is 30.3 Å². The van der Waals surface area contributed by atoms with Gasteiger partial charge in [-0.1, -0.05) is 119 Å². The molecule has 0 aliphatic rings. The number of carbonyl (C=O) groups excluding carboxylic acids is 1. The first-order valence-electron chi connectivity index (χ1n) is 15.2. The van der Waals surface area contributed by atoms with Crippen molar-refractivity contribution in [3.63, 3.8) is 0 Å². The molecule has 0 bridgehead atoms. The van der Waals surface area contributed by atoms with E-state index in [9.17, 15) is 4.79 Å². The molecular formula is C34H48BrClN2O2S. The molecule has 1 aromatic heterocycles. The summed E-state index contributed by atoms with van der Waals surface area (Å²) in [6, 6.07) is 14.1. The number of halogens is 2. The highest BCUT2D eigenvalue weighted by Gasteiger charge is 2.15. The van der Waals surface area contributed by atoms with Crippen LogP contribution in [0.1, 0.15) is 107 Å². The largest absolute Gasteiger partial charge is 1.00 e. The lowest BCUT2D eigenvalue weighted by molar-refractivity contribution is -0.683. The Morgan fingerprint density at radius 3 is 2.15 bits per heavy atom. The molecule has 0 saturated heterocycles. The Kier molecular flexibility index (Phi) is 17.3. The molecule has 7 heteroatoms. The van der Waals surface area contributed by atoms with Crippen LogP contribution in [-0.2, 0) is 17.9 Å². The van der Waals surface area contributed by atoms with Crippen molar-refractivity contribution in [1.82, 2.24) is 0 Å². The number of amides is 1. The van der Waals surface area contributed by atoms with Crippen LogP contribution in [0.5, 0.6) is 5.75 Å². The molecule has 0 atom stereocenters. The van der Waals surface area contributed by atoms with Gasteiger partial charge in [-0.25, -0.2) is 0 Å². The van der Waals surface area contributed by atoms with Crippen molar-refractivity contribution in [3.8, 4) is 5.75 Å². The monoisotopic (exact) mass is 662 g/mol. The molecule has 0 N–H and O–H groups in total. The number of anilines is 1. The maximum atomic E-state index is 12.6. The van der Waals surface area contributed by atoms with Gasteiger partial charge in [0.15, 0.2) is 12.7 Å². The van der Waals surface area contributed by atoms with Gasteiger partial charge in [0.1, 0.15) is 5.75 Å². The Hall–Kier alpha value is -1.89. The zero-order valence-corrected chi connectivity index (χ0v) is 28.3. The molecule has 4 nitrogen and oxygen atoms in total. The molecule has 0 spiro atoms. The Morgan fingerprint density at radius 2 is 1.56 bits per heavy atom. The lowest BCUT2D eigenvalue weighted by Crippen LogP contribution is -3.00. The minimum absolute atomic E-state index is 0. The number of hydrogen-bond donors (Lipinski definition) is 0. The zero-order valence-electron chi connectivity index (χ0n) is 25.2. The molecule has 0 unspecified atom stereocenters. The van der Waals surface area contributed by atoms with Crippen LogP contribution in [-0.4, -0.2) is 12.5 Å². The Labute approximate surface area is 267 Å². The summed E-state index contributed by atoms with van der Waals surface area (Å²) in [6.45, 7) is 7.91. The third-order valence-corrected chi connectivity index (χ3v) is 8.43. The minimum Gasteiger partial charge on any atom is -1.00 e. The minimum atomic E-state index is -0.000367. The molecular weight excluding hydrogens is 616 g/mol. The van der Waals surface area contributed by atoms with Gasteiger partial charge in [0.05, 0.1) is 23.1 Å². The Bertz CT molecular complexity index is 1170. The number of rotatable bonds is 19. The molecule has 1 heterocycles. The van der Waals surface area contributed by atoms with Crippen LogP contribution in [0.4, 0.5) is 5.69 Å². The first kappa shape index (κ1) is 35.3. The quantitative estimate of drug-likeness (QED) is 0.106. The van der Waals surface area contributed by atoms with E-state index in [4.69, 9.17) is 16.3 Å². The van der Waals surface area contributed by atoms with E-state index in [0.717, 1.165) is 29.8 Å². The van der Waals surface area contributed by atoms with Gasteiger partial charge < -0.3 is 26.6 Å². The highest BCUT2D eigenvalue weighted by Crippen LogP contribution is 2.28. The summed E-state index contributed by atoms with van der Waals surface area (Å²) in [6.07, 6.45) is 18.1. The average Bonchev–Trinajstić information content (AvgIpc) is 3.35. The van der Waals surface area contributed by atoms with Crippen LogP contribution >= 0.6 is 22.9 Å². The van der Waals surface area contributed by atoms with Gasteiger partial charge in [0.25, 0.3) is 0 Å². The fourth-order valence-electron chi connectivity index (χ4n) is 5.01. The maximum absolute atomic E-state index is 12.6. The van der Waals surface area contributed by atoms with Gasteiger partial charge in [-0.15, -0.1) is 0 Å². The summed E-state index contributed by atoms with van der Waals surface area (Å²) >= 11 is 8.31. The summed E-state index contributed by atoms with van der Waals surface area (Å²) in [7, 11) is 0. The smallest absolute Gasteiger partial charge is 0.225 e. The second kappa shape index (κ2) is 20.1. The number of carbonyl (C=O) groups is 1. The molecule has 0 fully saturated rings. The predicted octanol–water partition coefficient (Wildman–Crippen LogP) is 6.68.